The molecular weight excluding hydrogens is 304 g/mol. The minimum atomic E-state index is -1.06. The highest BCUT2D eigenvalue weighted by molar-refractivity contribution is 5.96. The molecule has 1 heterocycles. The normalized spacial score (nSPS) is 11.5. The Kier molecular flexibility index (Phi) is 4.14. The molecule has 2 aromatic carbocycles. The van der Waals surface area contributed by atoms with E-state index in [1.54, 1.807) is 6.07 Å². The third kappa shape index (κ3) is 2.92. The quantitative estimate of drug-likeness (QED) is 0.715. The van der Waals surface area contributed by atoms with Crippen molar-refractivity contribution in [2.45, 2.75) is 33.6 Å². The van der Waals surface area contributed by atoms with Crippen LogP contribution in [0, 0.1) is 12.8 Å². The maximum absolute atomic E-state index is 12.9. The molecule has 4 nitrogen and oxygen atoms in total. The third-order valence-electron chi connectivity index (χ3n) is 4.27. The van der Waals surface area contributed by atoms with Crippen LogP contribution in [-0.2, 0) is 6.42 Å². The van der Waals surface area contributed by atoms with Crippen molar-refractivity contribution in [3.63, 3.8) is 0 Å². The van der Waals surface area contributed by atoms with Gasteiger partial charge in [-0.05, 0) is 61.1 Å². The van der Waals surface area contributed by atoms with Gasteiger partial charge >= 0.3 is 5.97 Å². The van der Waals surface area contributed by atoms with Crippen molar-refractivity contribution < 1.29 is 14.3 Å². The van der Waals surface area contributed by atoms with Gasteiger partial charge in [0.15, 0.2) is 0 Å². The predicted molar refractivity (Wildman–Crippen MR) is 94.8 cm³/mol. The Morgan fingerprint density at radius 3 is 2.58 bits per heavy atom. The summed E-state index contributed by atoms with van der Waals surface area (Å²) in [5.41, 5.74) is 2.92. The molecule has 0 fully saturated rings. The van der Waals surface area contributed by atoms with Crippen LogP contribution in [0.4, 0.5) is 0 Å². The number of rotatable bonds is 4. The van der Waals surface area contributed by atoms with E-state index in [1.807, 2.05) is 13.0 Å². The summed E-state index contributed by atoms with van der Waals surface area (Å²) in [5, 5.41) is 9.95. The monoisotopic (exact) mass is 324 g/mol. The first-order valence-electron chi connectivity index (χ1n) is 8.10. The molecule has 3 rings (SSSR count). The molecular formula is C20H20O4. The van der Waals surface area contributed by atoms with Crippen molar-refractivity contribution in [2.75, 3.05) is 0 Å². The van der Waals surface area contributed by atoms with E-state index in [1.165, 1.54) is 12.1 Å². The lowest BCUT2D eigenvalue weighted by atomic mass is 9.98. The zero-order chi connectivity index (χ0) is 17.4. The Morgan fingerprint density at radius 2 is 1.92 bits per heavy atom. The molecule has 0 spiro atoms. The maximum Gasteiger partial charge on any atom is 0.335 e. The van der Waals surface area contributed by atoms with Crippen LogP contribution in [0.3, 0.4) is 0 Å². The first kappa shape index (κ1) is 16.2. The molecule has 1 aromatic heterocycles. The van der Waals surface area contributed by atoms with Crippen molar-refractivity contribution in [2.24, 2.45) is 5.92 Å². The van der Waals surface area contributed by atoms with Crippen molar-refractivity contribution in [1.82, 2.24) is 0 Å². The van der Waals surface area contributed by atoms with Gasteiger partial charge in [-0.2, -0.15) is 0 Å². The molecule has 0 saturated carbocycles. The third-order valence-corrected chi connectivity index (χ3v) is 4.27. The van der Waals surface area contributed by atoms with Crippen molar-refractivity contribution in [1.29, 1.82) is 0 Å². The average molecular weight is 324 g/mol. The molecule has 0 aliphatic carbocycles. The fourth-order valence-corrected chi connectivity index (χ4v) is 2.94. The Hall–Kier alpha value is -2.62. The molecule has 0 radical (unpaired) electrons. The van der Waals surface area contributed by atoms with Crippen molar-refractivity contribution >= 4 is 27.9 Å². The lowest BCUT2D eigenvalue weighted by molar-refractivity contribution is 0.0697. The van der Waals surface area contributed by atoms with Gasteiger partial charge in [0.1, 0.15) is 11.2 Å². The highest BCUT2D eigenvalue weighted by Gasteiger charge is 2.13. The summed E-state index contributed by atoms with van der Waals surface area (Å²) in [7, 11) is 0. The summed E-state index contributed by atoms with van der Waals surface area (Å²) in [4.78, 5) is 24.0. The summed E-state index contributed by atoms with van der Waals surface area (Å²) < 4.78 is 5.88. The first-order valence-corrected chi connectivity index (χ1v) is 8.10. The number of carboxylic acids is 1. The number of aromatic carboxylic acids is 1. The summed E-state index contributed by atoms with van der Waals surface area (Å²) in [6.07, 6.45) is 1.95. The molecule has 0 aliphatic rings. The molecule has 1 N–H and O–H groups in total. The second kappa shape index (κ2) is 6.11. The highest BCUT2D eigenvalue weighted by Crippen LogP contribution is 2.24. The SMILES string of the molecule is Cc1cc(CCC(C)C)cc2c(=O)c3cc(C(=O)O)ccc3oc12. The van der Waals surface area contributed by atoms with Crippen LogP contribution in [0.5, 0.6) is 0 Å². The number of hydrogen-bond acceptors (Lipinski definition) is 3. The summed E-state index contributed by atoms with van der Waals surface area (Å²) in [6, 6.07) is 8.32. The lowest BCUT2D eigenvalue weighted by Gasteiger charge is -2.09. The first-order chi connectivity index (χ1) is 11.4. The predicted octanol–water partition coefficient (Wildman–Crippen LogP) is 4.54. The van der Waals surface area contributed by atoms with Crippen molar-refractivity contribution in [3.05, 3.63) is 57.2 Å². The molecule has 24 heavy (non-hydrogen) atoms. The van der Waals surface area contributed by atoms with Gasteiger partial charge in [-0.1, -0.05) is 19.9 Å². The van der Waals surface area contributed by atoms with E-state index in [2.05, 4.69) is 19.9 Å². The number of hydrogen-bond donors (Lipinski definition) is 1. The van der Waals surface area contributed by atoms with E-state index < -0.39 is 5.97 Å². The number of fused-ring (bicyclic) bond motifs is 2. The molecule has 124 valence electrons. The maximum atomic E-state index is 12.9. The van der Waals surface area contributed by atoms with Crippen LogP contribution in [0.1, 0.15) is 41.8 Å². The summed E-state index contributed by atoms with van der Waals surface area (Å²) >= 11 is 0. The molecule has 0 saturated heterocycles. The molecule has 4 heteroatoms. The van der Waals surface area contributed by atoms with E-state index in [-0.39, 0.29) is 11.0 Å². The molecule has 0 aliphatic heterocycles. The average Bonchev–Trinajstić information content (AvgIpc) is 2.53. The fourth-order valence-electron chi connectivity index (χ4n) is 2.94. The van der Waals surface area contributed by atoms with Gasteiger partial charge in [-0.3, -0.25) is 4.79 Å². The van der Waals surface area contributed by atoms with Crippen LogP contribution >= 0.6 is 0 Å². The Labute approximate surface area is 139 Å². The van der Waals surface area contributed by atoms with Crippen molar-refractivity contribution in [3.8, 4) is 0 Å². The molecule has 0 amide bonds. The minimum absolute atomic E-state index is 0.0850. The van der Waals surface area contributed by atoms with Gasteiger partial charge in [0.05, 0.1) is 16.3 Å². The summed E-state index contributed by atoms with van der Waals surface area (Å²) in [6.45, 7) is 6.27. The number of carbonyl (C=O) groups is 1. The largest absolute Gasteiger partial charge is 0.478 e. The minimum Gasteiger partial charge on any atom is -0.478 e. The zero-order valence-electron chi connectivity index (χ0n) is 14.1. The molecule has 0 unspecified atom stereocenters. The van der Waals surface area contributed by atoms with Gasteiger partial charge < -0.3 is 9.52 Å². The van der Waals surface area contributed by atoms with E-state index in [0.717, 1.165) is 24.0 Å². The number of carboxylic acid groups (broad SMARTS) is 1. The second-order valence-corrected chi connectivity index (χ2v) is 6.67. The smallest absolute Gasteiger partial charge is 0.335 e. The van der Waals surface area contributed by atoms with Crippen LogP contribution in [0.15, 0.2) is 39.5 Å². The van der Waals surface area contributed by atoms with Crippen LogP contribution < -0.4 is 5.43 Å². The number of aryl methyl sites for hydroxylation is 2. The fraction of sp³-hybridized carbons (Fsp3) is 0.300. The topological polar surface area (TPSA) is 67.5 Å². The van der Waals surface area contributed by atoms with E-state index >= 15 is 0 Å². The molecule has 0 atom stereocenters. The van der Waals surface area contributed by atoms with Gasteiger partial charge in [0, 0.05) is 0 Å². The Balaban J connectivity index is 2.25. The van der Waals surface area contributed by atoms with Gasteiger partial charge in [0.2, 0.25) is 5.43 Å². The van der Waals surface area contributed by atoms with Gasteiger partial charge in [0.25, 0.3) is 0 Å². The van der Waals surface area contributed by atoms with E-state index in [0.29, 0.717) is 27.9 Å². The summed E-state index contributed by atoms with van der Waals surface area (Å²) in [5.74, 6) is -0.467. The zero-order valence-corrected chi connectivity index (χ0v) is 14.1. The molecule has 0 bridgehead atoms. The Bertz CT molecular complexity index is 996. The lowest BCUT2D eigenvalue weighted by Crippen LogP contribution is -2.06. The Morgan fingerprint density at radius 1 is 1.17 bits per heavy atom. The van der Waals surface area contributed by atoms with E-state index in [4.69, 9.17) is 9.52 Å². The van der Waals surface area contributed by atoms with Gasteiger partial charge in [-0.15, -0.1) is 0 Å². The standard InChI is InChI=1S/C20H20O4/c1-11(2)4-5-13-8-12(3)19-16(9-13)18(21)15-10-14(20(22)23)6-7-17(15)24-19/h6-11H,4-5H2,1-3H3,(H,22,23). The van der Waals surface area contributed by atoms with Crippen LogP contribution in [-0.4, -0.2) is 11.1 Å². The van der Waals surface area contributed by atoms with Gasteiger partial charge in [-0.25, -0.2) is 4.79 Å². The highest BCUT2D eigenvalue weighted by atomic mass is 16.4. The van der Waals surface area contributed by atoms with E-state index in [9.17, 15) is 9.59 Å². The van der Waals surface area contributed by atoms with Crippen LogP contribution in [0.25, 0.3) is 21.9 Å². The number of benzene rings is 2. The molecule has 3 aromatic rings. The van der Waals surface area contributed by atoms with Crippen LogP contribution in [0.2, 0.25) is 0 Å². The second-order valence-electron chi connectivity index (χ2n) is 6.67.